The van der Waals surface area contributed by atoms with Crippen molar-refractivity contribution in [3.05, 3.63) is 29.8 Å². The van der Waals surface area contributed by atoms with Crippen molar-refractivity contribution in [1.29, 1.82) is 0 Å². The van der Waals surface area contributed by atoms with Gasteiger partial charge in [-0.15, -0.1) is 0 Å². The number of rotatable bonds is 5. The molecule has 4 heteroatoms. The monoisotopic (exact) mass is 266 g/mol. The van der Waals surface area contributed by atoms with Crippen molar-refractivity contribution >= 4 is 8.32 Å². The molecule has 1 aromatic carbocycles. The zero-order chi connectivity index (χ0) is 13.4. The third-order valence-electron chi connectivity index (χ3n) is 3.20. The lowest BCUT2D eigenvalue weighted by molar-refractivity contribution is -0.0904. The molecule has 0 unspecified atom stereocenters. The van der Waals surface area contributed by atoms with Gasteiger partial charge >= 0.3 is 0 Å². The van der Waals surface area contributed by atoms with Crippen molar-refractivity contribution in [2.24, 2.45) is 0 Å². The zero-order valence-electron chi connectivity index (χ0n) is 11.8. The summed E-state index contributed by atoms with van der Waals surface area (Å²) in [7, 11) is 1.83. The Labute approximate surface area is 110 Å². The maximum atomic E-state index is 6.19. The summed E-state index contributed by atoms with van der Waals surface area (Å²) in [5.41, 5.74) is 1.26. The van der Waals surface area contributed by atoms with E-state index in [1.165, 1.54) is 5.56 Å². The second-order valence-electron chi connectivity index (χ2n) is 5.76. The van der Waals surface area contributed by atoms with Gasteiger partial charge in [-0.1, -0.05) is 12.1 Å². The van der Waals surface area contributed by atoms with Gasteiger partial charge in [0.25, 0.3) is 0 Å². The summed E-state index contributed by atoms with van der Waals surface area (Å²) >= 11 is 0. The van der Waals surface area contributed by atoms with Gasteiger partial charge in [-0.25, -0.2) is 0 Å². The van der Waals surface area contributed by atoms with E-state index in [4.69, 9.17) is 13.9 Å². The third kappa shape index (κ3) is 2.76. The van der Waals surface area contributed by atoms with Crippen LogP contribution in [0, 0.1) is 0 Å². The van der Waals surface area contributed by atoms with Crippen molar-refractivity contribution in [3.63, 3.8) is 0 Å². The molecule has 18 heavy (non-hydrogen) atoms. The summed E-state index contributed by atoms with van der Waals surface area (Å²) in [5.74, 6) is 0.840. The van der Waals surface area contributed by atoms with E-state index in [-0.39, 0.29) is 5.79 Å². The molecule has 0 bridgehead atoms. The Bertz CT molecular complexity index is 410. The van der Waals surface area contributed by atoms with Crippen LogP contribution in [0.25, 0.3) is 0 Å². The average molecular weight is 266 g/mol. The zero-order valence-corrected chi connectivity index (χ0v) is 12.8. The van der Waals surface area contributed by atoms with Gasteiger partial charge in [-0.3, -0.25) is 0 Å². The minimum absolute atomic E-state index is 0.347. The smallest absolute Gasteiger partial charge is 0.187 e. The summed E-state index contributed by atoms with van der Waals surface area (Å²) in [4.78, 5) is 0. The number of methoxy groups -OCH3 is 2. The van der Waals surface area contributed by atoms with Crippen molar-refractivity contribution in [3.8, 4) is 5.75 Å². The first-order valence-corrected chi connectivity index (χ1v) is 9.70. The molecule has 0 spiro atoms. The van der Waals surface area contributed by atoms with Crippen LogP contribution >= 0.6 is 0 Å². The highest BCUT2D eigenvalue weighted by Gasteiger charge is 2.58. The maximum Gasteiger partial charge on any atom is 0.187 e. The van der Waals surface area contributed by atoms with Crippen LogP contribution in [0.3, 0.4) is 0 Å². The molecule has 1 fully saturated rings. The molecular weight excluding hydrogens is 244 g/mol. The highest BCUT2D eigenvalue weighted by Crippen LogP contribution is 2.55. The van der Waals surface area contributed by atoms with Crippen LogP contribution in [-0.4, -0.2) is 28.3 Å². The predicted octanol–water partition coefficient (Wildman–Crippen LogP) is 3.38. The van der Waals surface area contributed by atoms with Crippen LogP contribution in [0.4, 0.5) is 0 Å². The third-order valence-corrected chi connectivity index (χ3v) is 4.16. The second kappa shape index (κ2) is 4.68. The fourth-order valence-corrected chi connectivity index (χ4v) is 3.68. The first kappa shape index (κ1) is 13.6. The summed E-state index contributed by atoms with van der Waals surface area (Å²) in [6.07, 6.45) is 0.945. The molecule has 3 nitrogen and oxygen atoms in total. The number of hydrogen-bond acceptors (Lipinski definition) is 3. The molecule has 2 rings (SSSR count). The lowest BCUT2D eigenvalue weighted by Crippen LogP contribution is -2.35. The molecule has 0 aliphatic heterocycles. The molecule has 1 aliphatic carbocycles. The van der Waals surface area contributed by atoms with Gasteiger partial charge < -0.3 is 13.9 Å². The van der Waals surface area contributed by atoms with Gasteiger partial charge in [0.05, 0.1) is 7.11 Å². The van der Waals surface area contributed by atoms with Crippen LogP contribution in [-0.2, 0) is 9.16 Å². The molecule has 1 aromatic rings. The highest BCUT2D eigenvalue weighted by atomic mass is 28.4. The molecule has 0 aromatic heterocycles. The second-order valence-corrected chi connectivity index (χ2v) is 10.2. The Morgan fingerprint density at radius 2 is 1.72 bits per heavy atom. The quantitative estimate of drug-likeness (QED) is 0.604. The molecule has 1 aliphatic rings. The minimum Gasteiger partial charge on any atom is -0.497 e. The molecule has 100 valence electrons. The summed E-state index contributed by atoms with van der Waals surface area (Å²) in [6.45, 7) is 6.57. The van der Waals surface area contributed by atoms with Crippen LogP contribution in [0.15, 0.2) is 24.3 Å². The fraction of sp³-hybridized carbons (Fsp3) is 0.571. The van der Waals surface area contributed by atoms with Crippen LogP contribution in [0.5, 0.6) is 5.75 Å². The summed E-state index contributed by atoms with van der Waals surface area (Å²) in [6, 6.07) is 8.17. The van der Waals surface area contributed by atoms with Crippen molar-refractivity contribution < 1.29 is 13.9 Å². The van der Waals surface area contributed by atoms with Gasteiger partial charge in [0.15, 0.2) is 14.1 Å². The normalized spacial score (nSPS) is 27.1. The SMILES string of the molecule is COc1ccc([C@@H]2C[C@@]2(OC)O[Si](C)(C)C)cc1. The molecule has 2 atom stereocenters. The Morgan fingerprint density at radius 1 is 1.11 bits per heavy atom. The highest BCUT2D eigenvalue weighted by molar-refractivity contribution is 6.69. The maximum absolute atomic E-state index is 6.19. The van der Waals surface area contributed by atoms with Crippen molar-refractivity contribution in [2.75, 3.05) is 14.2 Å². The Morgan fingerprint density at radius 3 is 2.17 bits per heavy atom. The van der Waals surface area contributed by atoms with E-state index in [1.807, 2.05) is 12.1 Å². The molecule has 0 heterocycles. The molecule has 1 saturated carbocycles. The van der Waals surface area contributed by atoms with Crippen LogP contribution < -0.4 is 4.74 Å². The molecule has 0 radical (unpaired) electrons. The first-order chi connectivity index (χ1) is 8.40. The molecular formula is C14H22O3Si. The largest absolute Gasteiger partial charge is 0.497 e. The average Bonchev–Trinajstić information content (AvgIpc) is 3.02. The van der Waals surface area contributed by atoms with E-state index >= 15 is 0 Å². The van der Waals surface area contributed by atoms with Gasteiger partial charge in [0.1, 0.15) is 5.75 Å². The van der Waals surface area contributed by atoms with Crippen LogP contribution in [0.2, 0.25) is 19.6 Å². The Kier molecular flexibility index (Phi) is 3.53. The van der Waals surface area contributed by atoms with E-state index in [0.717, 1.165) is 12.2 Å². The molecule has 0 saturated heterocycles. The summed E-state index contributed by atoms with van der Waals surface area (Å²) < 4.78 is 17.0. The number of benzene rings is 1. The molecule has 0 N–H and O–H groups in total. The van der Waals surface area contributed by atoms with Gasteiger partial charge in [-0.05, 0) is 37.3 Å². The Hall–Kier alpha value is -0.843. The predicted molar refractivity (Wildman–Crippen MR) is 74.5 cm³/mol. The number of hydrogen-bond donors (Lipinski definition) is 0. The lowest BCUT2D eigenvalue weighted by Gasteiger charge is -2.26. The van der Waals surface area contributed by atoms with Crippen molar-refractivity contribution in [1.82, 2.24) is 0 Å². The van der Waals surface area contributed by atoms with E-state index < -0.39 is 8.32 Å². The van der Waals surface area contributed by atoms with Gasteiger partial charge in [0.2, 0.25) is 0 Å². The lowest BCUT2D eigenvalue weighted by atomic mass is 10.1. The molecule has 0 amide bonds. The van der Waals surface area contributed by atoms with Gasteiger partial charge in [-0.2, -0.15) is 0 Å². The first-order valence-electron chi connectivity index (χ1n) is 6.29. The van der Waals surface area contributed by atoms with E-state index in [9.17, 15) is 0 Å². The minimum atomic E-state index is -1.59. The standard InChI is InChI=1S/C14H22O3Si/c1-15-12-8-6-11(7-9-12)13-10-14(13,16-2)17-18(3,4)5/h6-9,13H,10H2,1-5H3/t13-,14+/m0/s1. The van der Waals surface area contributed by atoms with Crippen molar-refractivity contribution in [2.45, 2.75) is 37.8 Å². The van der Waals surface area contributed by atoms with E-state index in [0.29, 0.717) is 5.92 Å². The van der Waals surface area contributed by atoms with Gasteiger partial charge in [0, 0.05) is 19.4 Å². The fourth-order valence-electron chi connectivity index (χ4n) is 2.33. The van der Waals surface area contributed by atoms with Crippen LogP contribution in [0.1, 0.15) is 17.9 Å². The summed E-state index contributed by atoms with van der Waals surface area (Å²) in [5, 5.41) is 0. The number of ether oxygens (including phenoxy) is 2. The Balaban J connectivity index is 2.11. The van der Waals surface area contributed by atoms with E-state index in [2.05, 4.69) is 31.8 Å². The topological polar surface area (TPSA) is 27.7 Å². The van der Waals surface area contributed by atoms with E-state index in [1.54, 1.807) is 14.2 Å².